The molecule has 1 aromatic rings. The summed E-state index contributed by atoms with van der Waals surface area (Å²) in [6.45, 7) is 7.65. The Labute approximate surface area is 103 Å². The summed E-state index contributed by atoms with van der Waals surface area (Å²) >= 11 is 0. The van der Waals surface area contributed by atoms with Gasteiger partial charge in [-0.3, -0.25) is 4.79 Å². The lowest BCUT2D eigenvalue weighted by molar-refractivity contribution is -0.134. The van der Waals surface area contributed by atoms with Crippen LogP contribution >= 0.6 is 0 Å². The smallest absolute Gasteiger partial charge is 0.310 e. The van der Waals surface area contributed by atoms with E-state index in [0.717, 1.165) is 24.3 Å². The van der Waals surface area contributed by atoms with Gasteiger partial charge in [0.05, 0.1) is 0 Å². The summed E-state index contributed by atoms with van der Waals surface area (Å²) in [5, 5.41) is 0. The van der Waals surface area contributed by atoms with Crippen LogP contribution in [0.4, 0.5) is 5.69 Å². The molecule has 3 heteroatoms. The second-order valence-electron chi connectivity index (χ2n) is 3.74. The number of hydrogen-bond donors (Lipinski definition) is 0. The zero-order valence-electron chi connectivity index (χ0n) is 9.40. The molecule has 1 aliphatic rings. The summed E-state index contributed by atoms with van der Waals surface area (Å²) in [5.74, 6) is 0.386. The fourth-order valence-corrected chi connectivity index (χ4v) is 1.48. The molecule has 3 nitrogen and oxygen atoms in total. The molecule has 17 heavy (non-hydrogen) atoms. The maximum absolute atomic E-state index is 11.3. The lowest BCUT2D eigenvalue weighted by Gasteiger charge is -2.09. The van der Waals surface area contributed by atoms with Gasteiger partial charge in [0.2, 0.25) is 0 Å². The highest BCUT2D eigenvalue weighted by Gasteiger charge is 2.19. The van der Waals surface area contributed by atoms with Gasteiger partial charge in [-0.05, 0) is 12.1 Å². The van der Waals surface area contributed by atoms with Crippen molar-refractivity contribution < 1.29 is 9.53 Å². The third-order valence-electron chi connectivity index (χ3n) is 2.54. The maximum atomic E-state index is 11.3. The van der Waals surface area contributed by atoms with Crippen molar-refractivity contribution >= 4 is 17.7 Å². The zero-order chi connectivity index (χ0) is 11.5. The first-order valence-electron chi connectivity index (χ1n) is 5.46. The fraction of sp³-hybridized carbons (Fsp3) is 0.357. The zero-order valence-corrected chi connectivity index (χ0v) is 9.40. The number of ether oxygens (including phenoxy) is 1. The number of hydrogen-bond acceptors (Lipinski definition) is 3. The highest BCUT2D eigenvalue weighted by Crippen LogP contribution is 2.29. The molecule has 0 saturated carbocycles. The predicted molar refractivity (Wildman–Crippen MR) is 71.4 cm³/mol. The molecular weight excluding hydrogens is 214 g/mol. The van der Waals surface area contributed by atoms with E-state index in [1.165, 1.54) is 0 Å². The van der Waals surface area contributed by atoms with E-state index in [1.807, 2.05) is 18.2 Å². The molecule has 0 spiro atoms. The van der Waals surface area contributed by atoms with Crippen molar-refractivity contribution in [2.45, 2.75) is 20.8 Å². The number of carbonyl (C=O) groups is 1. The van der Waals surface area contributed by atoms with Crippen LogP contribution in [0.3, 0.4) is 0 Å². The van der Waals surface area contributed by atoms with Crippen molar-refractivity contribution in [2.24, 2.45) is 0 Å². The Bertz CT molecular complexity index is 422. The van der Waals surface area contributed by atoms with Gasteiger partial charge in [-0.15, -0.1) is 0 Å². The molecule has 0 aliphatic carbocycles. The van der Waals surface area contributed by atoms with Crippen molar-refractivity contribution in [1.29, 1.82) is 0 Å². The van der Waals surface area contributed by atoms with E-state index in [9.17, 15) is 4.79 Å². The third kappa shape index (κ3) is 3.09. The van der Waals surface area contributed by atoms with Crippen LogP contribution in [0.2, 0.25) is 0 Å². The van der Waals surface area contributed by atoms with Gasteiger partial charge in [0, 0.05) is 36.8 Å². The Morgan fingerprint density at radius 2 is 2.24 bits per heavy atom. The SMILES string of the molecule is C.C=Cc1ccc(N2CC2)cc1OC(=O)CC. The molecule has 1 fully saturated rings. The van der Waals surface area contributed by atoms with Crippen molar-refractivity contribution in [3.8, 4) is 5.75 Å². The number of nitrogens with zero attached hydrogens (tertiary/aromatic N) is 1. The lowest BCUT2D eigenvalue weighted by Crippen LogP contribution is -2.07. The molecule has 0 N–H and O–H groups in total. The molecule has 0 radical (unpaired) electrons. The topological polar surface area (TPSA) is 29.3 Å². The molecular formula is C14H19NO2. The molecule has 1 aromatic carbocycles. The van der Waals surface area contributed by atoms with Crippen LogP contribution in [0.25, 0.3) is 6.08 Å². The van der Waals surface area contributed by atoms with Gasteiger partial charge in [-0.2, -0.15) is 0 Å². The minimum atomic E-state index is -0.217. The van der Waals surface area contributed by atoms with Gasteiger partial charge in [-0.1, -0.05) is 27.0 Å². The Morgan fingerprint density at radius 3 is 2.76 bits per heavy atom. The minimum Gasteiger partial charge on any atom is -0.426 e. The highest BCUT2D eigenvalue weighted by atomic mass is 16.5. The average molecular weight is 233 g/mol. The number of carbonyl (C=O) groups excluding carboxylic acids is 1. The Hall–Kier alpha value is -1.77. The van der Waals surface area contributed by atoms with Gasteiger partial charge >= 0.3 is 5.97 Å². The van der Waals surface area contributed by atoms with Crippen LogP contribution in [0.1, 0.15) is 26.3 Å². The van der Waals surface area contributed by atoms with Crippen molar-refractivity contribution in [2.75, 3.05) is 18.0 Å². The molecule has 2 rings (SSSR count). The van der Waals surface area contributed by atoms with Gasteiger partial charge in [0.1, 0.15) is 5.75 Å². The summed E-state index contributed by atoms with van der Waals surface area (Å²) in [6, 6.07) is 5.85. The van der Waals surface area contributed by atoms with E-state index >= 15 is 0 Å². The first-order chi connectivity index (χ1) is 7.74. The standard InChI is InChI=1S/C13H15NO2.CH4/c1-3-10-5-6-11(14-7-8-14)9-12(10)16-13(15)4-2;/h3,5-6,9H,1,4,7-8H2,2H3;1H4. The summed E-state index contributed by atoms with van der Waals surface area (Å²) in [4.78, 5) is 13.5. The Morgan fingerprint density at radius 1 is 1.53 bits per heavy atom. The van der Waals surface area contributed by atoms with Gasteiger partial charge in [-0.25, -0.2) is 0 Å². The van der Waals surface area contributed by atoms with E-state index in [0.29, 0.717) is 12.2 Å². The molecule has 0 aromatic heterocycles. The van der Waals surface area contributed by atoms with E-state index in [4.69, 9.17) is 4.74 Å². The van der Waals surface area contributed by atoms with Crippen LogP contribution in [0, 0.1) is 0 Å². The first kappa shape index (κ1) is 13.3. The largest absolute Gasteiger partial charge is 0.426 e. The monoisotopic (exact) mass is 233 g/mol. The quantitative estimate of drug-likeness (QED) is 0.454. The van der Waals surface area contributed by atoms with Crippen molar-refractivity contribution in [1.82, 2.24) is 0 Å². The van der Waals surface area contributed by atoms with Crippen molar-refractivity contribution in [3.63, 3.8) is 0 Å². The van der Waals surface area contributed by atoms with Crippen LogP contribution in [0.5, 0.6) is 5.75 Å². The lowest BCUT2D eigenvalue weighted by atomic mass is 10.2. The molecule has 1 saturated heterocycles. The average Bonchev–Trinajstić information content (AvgIpc) is 3.12. The second kappa shape index (κ2) is 5.53. The van der Waals surface area contributed by atoms with E-state index in [-0.39, 0.29) is 13.4 Å². The van der Waals surface area contributed by atoms with E-state index in [2.05, 4.69) is 11.5 Å². The van der Waals surface area contributed by atoms with E-state index < -0.39 is 0 Å². The summed E-state index contributed by atoms with van der Waals surface area (Å²) in [6.07, 6.45) is 2.08. The molecule has 1 heterocycles. The summed E-state index contributed by atoms with van der Waals surface area (Å²) in [5.41, 5.74) is 1.96. The van der Waals surface area contributed by atoms with Gasteiger partial charge < -0.3 is 9.64 Å². The van der Waals surface area contributed by atoms with Crippen LogP contribution in [0.15, 0.2) is 24.8 Å². The summed E-state index contributed by atoms with van der Waals surface area (Å²) < 4.78 is 5.27. The number of esters is 1. The molecule has 92 valence electrons. The van der Waals surface area contributed by atoms with Crippen LogP contribution < -0.4 is 9.64 Å². The Balaban J connectivity index is 0.00000144. The summed E-state index contributed by atoms with van der Waals surface area (Å²) in [7, 11) is 0. The highest BCUT2D eigenvalue weighted by molar-refractivity contribution is 5.75. The van der Waals surface area contributed by atoms with Crippen LogP contribution in [-0.4, -0.2) is 19.1 Å². The van der Waals surface area contributed by atoms with Gasteiger partial charge in [0.25, 0.3) is 0 Å². The fourth-order valence-electron chi connectivity index (χ4n) is 1.48. The van der Waals surface area contributed by atoms with E-state index in [1.54, 1.807) is 13.0 Å². The molecule has 1 aliphatic heterocycles. The molecule has 0 amide bonds. The third-order valence-corrected chi connectivity index (χ3v) is 2.54. The number of rotatable bonds is 4. The van der Waals surface area contributed by atoms with Crippen molar-refractivity contribution in [3.05, 3.63) is 30.3 Å². The second-order valence-corrected chi connectivity index (χ2v) is 3.74. The number of benzene rings is 1. The molecule has 0 unspecified atom stereocenters. The minimum absolute atomic E-state index is 0. The van der Waals surface area contributed by atoms with Crippen LogP contribution in [-0.2, 0) is 4.79 Å². The first-order valence-corrected chi connectivity index (χ1v) is 5.46. The molecule has 0 bridgehead atoms. The van der Waals surface area contributed by atoms with Gasteiger partial charge in [0.15, 0.2) is 0 Å². The molecule has 0 atom stereocenters. The predicted octanol–water partition coefficient (Wildman–Crippen LogP) is 3.10. The normalized spacial score (nSPS) is 12.6. The Kier molecular flexibility index (Phi) is 4.32. The number of anilines is 1. The maximum Gasteiger partial charge on any atom is 0.310 e.